The molecular formula is C6H10BrN3. The number of imidazole rings is 1. The number of anilines is 1. The van der Waals surface area contributed by atoms with Crippen LogP contribution in [0.3, 0.4) is 0 Å². The van der Waals surface area contributed by atoms with Gasteiger partial charge in [0.2, 0.25) is 5.95 Å². The Morgan fingerprint density at radius 1 is 1.70 bits per heavy atom. The van der Waals surface area contributed by atoms with E-state index in [1.165, 1.54) is 0 Å². The molecule has 1 aromatic heterocycles. The van der Waals surface area contributed by atoms with Crippen LogP contribution >= 0.6 is 15.9 Å². The second-order valence-corrected chi connectivity index (χ2v) is 2.87. The predicted octanol–water partition coefficient (Wildman–Crippen LogP) is 1.33. The van der Waals surface area contributed by atoms with Gasteiger partial charge < -0.3 is 10.3 Å². The molecule has 0 bridgehead atoms. The molecule has 0 saturated heterocycles. The molecule has 0 aliphatic carbocycles. The summed E-state index contributed by atoms with van der Waals surface area (Å²) in [6.07, 6.45) is 0.908. The number of aryl methyl sites for hydroxylation is 1. The smallest absolute Gasteiger partial charge is 0.201 e. The molecule has 1 rings (SSSR count). The van der Waals surface area contributed by atoms with Gasteiger partial charge in [-0.25, -0.2) is 4.98 Å². The molecule has 1 heterocycles. The number of aromatic nitrogens is 2. The highest BCUT2D eigenvalue weighted by Gasteiger charge is 2.06. The molecule has 0 aliphatic heterocycles. The van der Waals surface area contributed by atoms with Crippen molar-refractivity contribution in [1.29, 1.82) is 0 Å². The van der Waals surface area contributed by atoms with Gasteiger partial charge in [0.15, 0.2) is 0 Å². The van der Waals surface area contributed by atoms with Crippen LogP contribution in [0.5, 0.6) is 0 Å². The van der Waals surface area contributed by atoms with Crippen molar-refractivity contribution in [3.8, 4) is 0 Å². The van der Waals surface area contributed by atoms with Crippen molar-refractivity contribution >= 4 is 21.9 Å². The zero-order chi connectivity index (χ0) is 7.72. The van der Waals surface area contributed by atoms with E-state index in [4.69, 9.17) is 5.73 Å². The molecule has 0 spiro atoms. The van der Waals surface area contributed by atoms with Gasteiger partial charge in [-0.3, -0.25) is 0 Å². The Bertz CT molecular complexity index is 241. The average molecular weight is 204 g/mol. The van der Waals surface area contributed by atoms with E-state index in [-0.39, 0.29) is 0 Å². The standard InChI is InChI=1S/C6H10BrN3/c1-3-4-5(7)10(2)6(8)9-4/h3H2,1-2H3,(H2,8,9). The number of nitrogen functional groups attached to an aromatic ring is 1. The summed E-state index contributed by atoms with van der Waals surface area (Å²) in [5.74, 6) is 0.559. The summed E-state index contributed by atoms with van der Waals surface area (Å²) < 4.78 is 2.80. The molecule has 10 heavy (non-hydrogen) atoms. The minimum absolute atomic E-state index is 0.559. The van der Waals surface area contributed by atoms with Crippen molar-refractivity contribution in [2.24, 2.45) is 7.05 Å². The van der Waals surface area contributed by atoms with E-state index < -0.39 is 0 Å². The fourth-order valence-corrected chi connectivity index (χ4v) is 1.33. The van der Waals surface area contributed by atoms with Crippen LogP contribution in [0.25, 0.3) is 0 Å². The molecule has 0 unspecified atom stereocenters. The van der Waals surface area contributed by atoms with Crippen LogP contribution in [0.4, 0.5) is 5.95 Å². The molecule has 0 amide bonds. The van der Waals surface area contributed by atoms with E-state index in [9.17, 15) is 0 Å². The number of halogens is 1. The third-order valence-corrected chi connectivity index (χ3v) is 2.45. The van der Waals surface area contributed by atoms with Gasteiger partial charge in [0, 0.05) is 7.05 Å². The van der Waals surface area contributed by atoms with Crippen LogP contribution in [0.1, 0.15) is 12.6 Å². The summed E-state index contributed by atoms with van der Waals surface area (Å²) in [5, 5.41) is 0. The zero-order valence-corrected chi connectivity index (χ0v) is 7.64. The summed E-state index contributed by atoms with van der Waals surface area (Å²) in [5.41, 5.74) is 6.55. The minimum atomic E-state index is 0.559. The first kappa shape index (κ1) is 7.60. The van der Waals surface area contributed by atoms with Gasteiger partial charge in [-0.1, -0.05) is 6.92 Å². The van der Waals surface area contributed by atoms with Gasteiger partial charge >= 0.3 is 0 Å². The topological polar surface area (TPSA) is 43.8 Å². The highest BCUT2D eigenvalue weighted by Crippen LogP contribution is 2.18. The van der Waals surface area contributed by atoms with Gasteiger partial charge in [0.25, 0.3) is 0 Å². The van der Waals surface area contributed by atoms with Crippen LogP contribution in [0.2, 0.25) is 0 Å². The van der Waals surface area contributed by atoms with Crippen molar-refractivity contribution in [3.63, 3.8) is 0 Å². The van der Waals surface area contributed by atoms with Crippen LogP contribution in [0.15, 0.2) is 4.60 Å². The van der Waals surface area contributed by atoms with Crippen molar-refractivity contribution in [1.82, 2.24) is 9.55 Å². The molecule has 3 nitrogen and oxygen atoms in total. The zero-order valence-electron chi connectivity index (χ0n) is 6.06. The predicted molar refractivity (Wildman–Crippen MR) is 44.7 cm³/mol. The van der Waals surface area contributed by atoms with Crippen LogP contribution < -0.4 is 5.73 Å². The lowest BCUT2D eigenvalue weighted by molar-refractivity contribution is 0.900. The first-order valence-corrected chi connectivity index (χ1v) is 3.92. The van der Waals surface area contributed by atoms with E-state index in [2.05, 4.69) is 20.9 Å². The summed E-state index contributed by atoms with van der Waals surface area (Å²) in [4.78, 5) is 4.12. The molecule has 56 valence electrons. The Hall–Kier alpha value is -0.510. The molecule has 0 fully saturated rings. The van der Waals surface area contributed by atoms with E-state index in [0.717, 1.165) is 16.7 Å². The number of nitrogens with zero attached hydrogens (tertiary/aromatic N) is 2. The summed E-state index contributed by atoms with van der Waals surface area (Å²) in [6, 6.07) is 0. The summed E-state index contributed by atoms with van der Waals surface area (Å²) in [6.45, 7) is 2.05. The van der Waals surface area contributed by atoms with Gasteiger partial charge in [0.1, 0.15) is 4.60 Å². The fourth-order valence-electron chi connectivity index (χ4n) is 0.778. The van der Waals surface area contributed by atoms with E-state index in [1.807, 2.05) is 18.5 Å². The Morgan fingerprint density at radius 3 is 2.50 bits per heavy atom. The van der Waals surface area contributed by atoms with E-state index in [0.29, 0.717) is 5.95 Å². The van der Waals surface area contributed by atoms with Crippen molar-refractivity contribution in [3.05, 3.63) is 10.3 Å². The molecule has 2 N–H and O–H groups in total. The normalized spacial score (nSPS) is 10.3. The Kier molecular flexibility index (Phi) is 1.99. The van der Waals surface area contributed by atoms with Crippen LogP contribution in [0, 0.1) is 0 Å². The van der Waals surface area contributed by atoms with Crippen molar-refractivity contribution < 1.29 is 0 Å². The summed E-state index contributed by atoms with van der Waals surface area (Å²) >= 11 is 3.38. The monoisotopic (exact) mass is 203 g/mol. The lowest BCUT2D eigenvalue weighted by atomic mass is 10.4. The van der Waals surface area contributed by atoms with Gasteiger partial charge in [-0.05, 0) is 22.4 Å². The van der Waals surface area contributed by atoms with Crippen LogP contribution in [-0.2, 0) is 13.5 Å². The van der Waals surface area contributed by atoms with E-state index in [1.54, 1.807) is 0 Å². The fraction of sp³-hybridized carbons (Fsp3) is 0.500. The van der Waals surface area contributed by atoms with Gasteiger partial charge in [-0.2, -0.15) is 0 Å². The SMILES string of the molecule is CCc1nc(N)n(C)c1Br. The molecule has 0 aromatic carbocycles. The van der Waals surface area contributed by atoms with Crippen molar-refractivity contribution in [2.75, 3.05) is 5.73 Å². The molecule has 4 heteroatoms. The van der Waals surface area contributed by atoms with Crippen LogP contribution in [-0.4, -0.2) is 9.55 Å². The third-order valence-electron chi connectivity index (χ3n) is 1.46. The molecular weight excluding hydrogens is 194 g/mol. The number of rotatable bonds is 1. The largest absolute Gasteiger partial charge is 0.369 e. The number of hydrogen-bond donors (Lipinski definition) is 1. The average Bonchev–Trinajstić information content (AvgIpc) is 2.17. The Morgan fingerprint density at radius 2 is 2.30 bits per heavy atom. The highest BCUT2D eigenvalue weighted by molar-refractivity contribution is 9.10. The lowest BCUT2D eigenvalue weighted by Crippen LogP contribution is -1.96. The number of hydrogen-bond acceptors (Lipinski definition) is 2. The molecule has 1 aromatic rings. The maximum absolute atomic E-state index is 5.54. The minimum Gasteiger partial charge on any atom is -0.369 e. The molecule has 0 radical (unpaired) electrons. The first-order chi connectivity index (χ1) is 4.66. The maximum Gasteiger partial charge on any atom is 0.201 e. The van der Waals surface area contributed by atoms with Crippen molar-refractivity contribution in [2.45, 2.75) is 13.3 Å². The maximum atomic E-state index is 5.54. The van der Waals surface area contributed by atoms with Gasteiger partial charge in [0.05, 0.1) is 5.69 Å². The lowest BCUT2D eigenvalue weighted by Gasteiger charge is -1.93. The molecule has 0 atom stereocenters. The molecule has 0 aliphatic rings. The molecule has 0 saturated carbocycles. The Balaban J connectivity index is 3.17. The Labute approximate surface area is 68.4 Å². The highest BCUT2D eigenvalue weighted by atomic mass is 79.9. The van der Waals surface area contributed by atoms with Gasteiger partial charge in [-0.15, -0.1) is 0 Å². The third kappa shape index (κ3) is 1.03. The quantitative estimate of drug-likeness (QED) is 0.749. The number of nitrogens with two attached hydrogens (primary N) is 1. The van der Waals surface area contributed by atoms with E-state index >= 15 is 0 Å². The first-order valence-electron chi connectivity index (χ1n) is 3.13. The summed E-state index contributed by atoms with van der Waals surface area (Å²) in [7, 11) is 1.88. The second-order valence-electron chi connectivity index (χ2n) is 2.12. The second kappa shape index (κ2) is 2.62.